The Balaban J connectivity index is 0. The van der Waals surface area contributed by atoms with Gasteiger partial charge < -0.3 is 6.92 Å². The van der Waals surface area contributed by atoms with Crippen LogP contribution in [0, 0.1) is 12.8 Å². The van der Waals surface area contributed by atoms with Crippen LogP contribution in [-0.2, 0) is 16.8 Å². The van der Waals surface area contributed by atoms with E-state index < -0.39 is 0 Å². The van der Waals surface area contributed by atoms with Crippen LogP contribution in [0.15, 0.2) is 0 Å². The van der Waals surface area contributed by atoms with Crippen molar-refractivity contribution in [2.75, 3.05) is 0 Å². The summed E-state index contributed by atoms with van der Waals surface area (Å²) in [5.74, 6) is 0.773. The molecule has 0 nitrogen and oxygen atoms in total. The maximum Gasteiger partial charge on any atom is 2.00 e. The van der Waals surface area contributed by atoms with Crippen molar-refractivity contribution < 1.29 is 16.8 Å². The van der Waals surface area contributed by atoms with Gasteiger partial charge in [0.05, 0.1) is 0 Å². The zero-order chi connectivity index (χ0) is 4.28. The van der Waals surface area contributed by atoms with Gasteiger partial charge in [-0.25, -0.2) is 0 Å². The van der Waals surface area contributed by atoms with Crippen molar-refractivity contribution >= 4 is 0 Å². The molecule has 0 saturated carbocycles. The molecule has 1 heteroatoms. The van der Waals surface area contributed by atoms with Crippen molar-refractivity contribution in [3.05, 3.63) is 6.92 Å². The summed E-state index contributed by atoms with van der Waals surface area (Å²) in [7, 11) is 0. The van der Waals surface area contributed by atoms with Gasteiger partial charge in [0, 0.05) is 0 Å². The third-order valence-electron chi connectivity index (χ3n) is 0.577. The molecule has 0 aromatic carbocycles. The van der Waals surface area contributed by atoms with E-state index in [2.05, 4.69) is 20.8 Å². The molecule has 6 heavy (non-hydrogen) atoms. The van der Waals surface area contributed by atoms with Crippen LogP contribution in [0.2, 0.25) is 0 Å². The van der Waals surface area contributed by atoms with Crippen LogP contribution >= 0.6 is 0 Å². The quantitative estimate of drug-likeness (QED) is 0.475. The zero-order valence-electron chi connectivity index (χ0n) is 4.32. The summed E-state index contributed by atoms with van der Waals surface area (Å²) >= 11 is 0. The first kappa shape index (κ1) is 9.71. The summed E-state index contributed by atoms with van der Waals surface area (Å²) in [6, 6.07) is 0. The molecule has 0 aliphatic carbocycles. The number of hydrogen-bond acceptors (Lipinski definition) is 0. The van der Waals surface area contributed by atoms with Gasteiger partial charge in [-0.1, -0.05) is 19.8 Å². The molecular formula is C5H11Co+. The Bertz CT molecular complexity index is 17.9. The Hall–Kier alpha value is 0.506. The molecule has 0 heterocycles. The second-order valence-corrected chi connectivity index (χ2v) is 1.68. The van der Waals surface area contributed by atoms with Crippen LogP contribution in [0.25, 0.3) is 0 Å². The molecule has 0 aromatic heterocycles. The van der Waals surface area contributed by atoms with Crippen molar-refractivity contribution in [3.63, 3.8) is 0 Å². The minimum absolute atomic E-state index is 0. The van der Waals surface area contributed by atoms with Gasteiger partial charge in [-0.05, 0) is 0 Å². The predicted octanol–water partition coefficient (Wildman–Crippen LogP) is 1.86. The summed E-state index contributed by atoms with van der Waals surface area (Å²) < 4.78 is 0. The van der Waals surface area contributed by atoms with Gasteiger partial charge in [-0.3, -0.25) is 0 Å². The van der Waals surface area contributed by atoms with Crippen molar-refractivity contribution in [1.82, 2.24) is 0 Å². The second kappa shape index (κ2) is 5.51. The Labute approximate surface area is 50.5 Å². The standard InChI is InChI=1S/C5H11.Co/c1-4-5(2)3;/h5H,1,4H2,2-3H3;/q-1;+2. The molecule has 0 bridgehead atoms. The summed E-state index contributed by atoms with van der Waals surface area (Å²) in [5, 5.41) is 0. The third-order valence-corrected chi connectivity index (χ3v) is 0.577. The summed E-state index contributed by atoms with van der Waals surface area (Å²) in [6.07, 6.45) is 1.06. The fourth-order valence-electron chi connectivity index (χ4n) is 0. The van der Waals surface area contributed by atoms with Crippen molar-refractivity contribution in [3.8, 4) is 0 Å². The molecule has 0 atom stereocenters. The predicted molar refractivity (Wildman–Crippen MR) is 24.8 cm³/mol. The zero-order valence-corrected chi connectivity index (χ0v) is 5.37. The molecule has 0 unspecified atom stereocenters. The van der Waals surface area contributed by atoms with Gasteiger partial charge in [-0.15, -0.1) is 0 Å². The molecule has 0 aliphatic heterocycles. The first-order valence-electron chi connectivity index (χ1n) is 2.06. The monoisotopic (exact) mass is 130 g/mol. The van der Waals surface area contributed by atoms with Crippen LogP contribution in [-0.4, -0.2) is 0 Å². The van der Waals surface area contributed by atoms with E-state index in [1.165, 1.54) is 0 Å². The van der Waals surface area contributed by atoms with Gasteiger partial charge in [0.2, 0.25) is 0 Å². The Morgan fingerprint density at radius 3 is 1.67 bits per heavy atom. The molecule has 0 N–H and O–H groups in total. The fraction of sp³-hybridized carbons (Fsp3) is 0.800. The Morgan fingerprint density at radius 1 is 1.50 bits per heavy atom. The SMILES string of the molecule is [CH2-]CC(C)C.[Co+2]. The Morgan fingerprint density at radius 2 is 1.67 bits per heavy atom. The van der Waals surface area contributed by atoms with Gasteiger partial charge in [-0.2, -0.15) is 6.42 Å². The van der Waals surface area contributed by atoms with Crippen LogP contribution in [0.3, 0.4) is 0 Å². The smallest absolute Gasteiger partial charge is 0.343 e. The molecule has 0 amide bonds. The first-order chi connectivity index (χ1) is 2.27. The van der Waals surface area contributed by atoms with Crippen LogP contribution in [0.1, 0.15) is 20.3 Å². The summed E-state index contributed by atoms with van der Waals surface area (Å²) in [4.78, 5) is 0. The van der Waals surface area contributed by atoms with E-state index in [9.17, 15) is 0 Å². The van der Waals surface area contributed by atoms with E-state index >= 15 is 0 Å². The number of hydrogen-bond donors (Lipinski definition) is 0. The summed E-state index contributed by atoms with van der Waals surface area (Å²) in [6.45, 7) is 8.00. The van der Waals surface area contributed by atoms with Crippen LogP contribution < -0.4 is 0 Å². The fourth-order valence-corrected chi connectivity index (χ4v) is 0. The summed E-state index contributed by atoms with van der Waals surface area (Å²) in [5.41, 5.74) is 0. The average Bonchev–Trinajstić information content (AvgIpc) is 1.38. The maximum absolute atomic E-state index is 3.69. The minimum atomic E-state index is 0. The molecule has 39 valence electrons. The maximum atomic E-state index is 3.69. The molecule has 0 saturated heterocycles. The molecule has 1 radical (unpaired) electrons. The molecule has 0 fully saturated rings. The van der Waals surface area contributed by atoms with Gasteiger partial charge >= 0.3 is 16.8 Å². The molecular weight excluding hydrogens is 119 g/mol. The van der Waals surface area contributed by atoms with E-state index in [0.717, 1.165) is 12.3 Å². The molecule has 0 rings (SSSR count). The number of rotatable bonds is 1. The van der Waals surface area contributed by atoms with Crippen LogP contribution in [0.4, 0.5) is 0 Å². The third kappa shape index (κ3) is 8.82. The van der Waals surface area contributed by atoms with E-state index in [1.807, 2.05) is 0 Å². The minimum Gasteiger partial charge on any atom is -0.343 e. The molecule has 0 aromatic rings. The van der Waals surface area contributed by atoms with Crippen molar-refractivity contribution in [2.24, 2.45) is 5.92 Å². The second-order valence-electron chi connectivity index (χ2n) is 1.68. The van der Waals surface area contributed by atoms with Gasteiger partial charge in [0.15, 0.2) is 0 Å². The molecule has 0 aliphatic rings. The Kier molecular flexibility index (Phi) is 8.92. The van der Waals surface area contributed by atoms with E-state index in [0.29, 0.717) is 0 Å². The average molecular weight is 130 g/mol. The van der Waals surface area contributed by atoms with E-state index in [-0.39, 0.29) is 16.8 Å². The topological polar surface area (TPSA) is 0 Å². The normalized spacial score (nSPS) is 8.00. The first-order valence-corrected chi connectivity index (χ1v) is 2.06. The van der Waals surface area contributed by atoms with E-state index in [1.54, 1.807) is 0 Å². The van der Waals surface area contributed by atoms with E-state index in [4.69, 9.17) is 0 Å². The molecule has 0 spiro atoms. The van der Waals surface area contributed by atoms with Crippen molar-refractivity contribution in [2.45, 2.75) is 20.3 Å². The van der Waals surface area contributed by atoms with Gasteiger partial charge in [0.1, 0.15) is 0 Å². The van der Waals surface area contributed by atoms with Crippen molar-refractivity contribution in [1.29, 1.82) is 0 Å². The van der Waals surface area contributed by atoms with Crippen LogP contribution in [0.5, 0.6) is 0 Å². The largest absolute Gasteiger partial charge is 2.00 e. The van der Waals surface area contributed by atoms with Gasteiger partial charge in [0.25, 0.3) is 0 Å².